The Balaban J connectivity index is 3.46. The predicted molar refractivity (Wildman–Crippen MR) is 39.0 cm³/mol. The molecule has 4 nitrogen and oxygen atoms in total. The molecule has 0 aliphatic rings. The molecule has 0 radical (unpaired) electrons. The number of nitrogens with two attached hydrogens (primary N) is 1. The van der Waals surface area contributed by atoms with Gasteiger partial charge < -0.3 is 10.2 Å². The van der Waals surface area contributed by atoms with E-state index in [1.165, 1.54) is 0 Å². The van der Waals surface area contributed by atoms with Crippen LogP contribution in [0.2, 0.25) is 0 Å². The number of alkyl halides is 3. The van der Waals surface area contributed by atoms with Gasteiger partial charge in [0.25, 0.3) is 0 Å². The molecule has 0 aliphatic heterocycles. The minimum absolute atomic E-state index is 0.145. The minimum atomic E-state index is -1.52. The van der Waals surface area contributed by atoms with Gasteiger partial charge in [-0.25, -0.2) is 4.79 Å². The minimum Gasteiger partial charge on any atom is -0.357 e. The molecular weight excluding hydrogens is 202 g/mol. The molecule has 0 saturated heterocycles. The van der Waals surface area contributed by atoms with Crippen LogP contribution in [0.4, 0.5) is 4.79 Å². The van der Waals surface area contributed by atoms with Crippen molar-refractivity contribution in [2.75, 3.05) is 6.54 Å². The van der Waals surface area contributed by atoms with E-state index in [1.807, 2.05) is 0 Å². The lowest BCUT2D eigenvalue weighted by molar-refractivity contribution is 0.148. The Labute approximate surface area is 72.5 Å². The van der Waals surface area contributed by atoms with Crippen LogP contribution in [0.5, 0.6) is 0 Å². The molecule has 0 fully saturated rings. The smallest absolute Gasteiger partial charge is 0.357 e. The van der Waals surface area contributed by atoms with Gasteiger partial charge in [0.1, 0.15) is 0 Å². The summed E-state index contributed by atoms with van der Waals surface area (Å²) < 4.78 is -1.52. The van der Waals surface area contributed by atoms with Crippen molar-refractivity contribution in [1.82, 2.24) is 5.32 Å². The molecule has 0 rings (SSSR count). The summed E-state index contributed by atoms with van der Waals surface area (Å²) in [5.41, 5.74) is 0. The molecule has 0 spiro atoms. The normalized spacial score (nSPS) is 10.8. The summed E-state index contributed by atoms with van der Waals surface area (Å²) in [5.74, 6) is 4.46. The van der Waals surface area contributed by atoms with Gasteiger partial charge in [0.05, 0.1) is 6.54 Å². The van der Waals surface area contributed by atoms with Gasteiger partial charge in [0.2, 0.25) is 3.79 Å². The van der Waals surface area contributed by atoms with Crippen LogP contribution in [0, 0.1) is 0 Å². The predicted octanol–water partition coefficient (Wildman–Crippen LogP) is 0.957. The first-order valence-corrected chi connectivity index (χ1v) is 3.30. The number of carbonyl (C=O) groups is 1. The second-order valence-electron chi connectivity index (χ2n) is 1.37. The summed E-state index contributed by atoms with van der Waals surface area (Å²) in [6, 6.07) is 0. The van der Waals surface area contributed by atoms with E-state index in [0.29, 0.717) is 0 Å². The Morgan fingerprint density at radius 2 is 2.10 bits per heavy atom. The Morgan fingerprint density at radius 1 is 1.60 bits per heavy atom. The quantitative estimate of drug-likeness (QED) is 0.497. The number of carbonyl (C=O) groups excluding carboxylic acids is 1. The molecule has 0 heterocycles. The molecule has 0 bridgehead atoms. The fraction of sp³-hybridized carbons (Fsp3) is 0.667. The zero-order chi connectivity index (χ0) is 8.20. The van der Waals surface area contributed by atoms with E-state index in [1.54, 1.807) is 0 Å². The summed E-state index contributed by atoms with van der Waals surface area (Å²) in [6.07, 6.45) is -0.841. The van der Waals surface area contributed by atoms with Crippen LogP contribution in [0.3, 0.4) is 0 Å². The van der Waals surface area contributed by atoms with E-state index in [4.69, 9.17) is 34.8 Å². The van der Waals surface area contributed by atoms with Gasteiger partial charge >= 0.3 is 6.09 Å². The van der Waals surface area contributed by atoms with Crippen molar-refractivity contribution in [2.24, 2.45) is 5.90 Å². The lowest BCUT2D eigenvalue weighted by Crippen LogP contribution is -2.33. The van der Waals surface area contributed by atoms with Crippen LogP contribution >= 0.6 is 34.8 Å². The van der Waals surface area contributed by atoms with E-state index in [-0.39, 0.29) is 6.54 Å². The van der Waals surface area contributed by atoms with E-state index in [0.717, 1.165) is 0 Å². The van der Waals surface area contributed by atoms with E-state index in [2.05, 4.69) is 16.1 Å². The summed E-state index contributed by atoms with van der Waals surface area (Å²) in [4.78, 5) is 13.9. The van der Waals surface area contributed by atoms with Crippen molar-refractivity contribution in [3.63, 3.8) is 0 Å². The Kier molecular flexibility index (Phi) is 4.12. The molecule has 0 unspecified atom stereocenters. The molecule has 60 valence electrons. The third kappa shape index (κ3) is 6.22. The largest absolute Gasteiger partial charge is 0.426 e. The average molecular weight is 207 g/mol. The molecule has 0 aromatic heterocycles. The average Bonchev–Trinajstić information content (AvgIpc) is 1.81. The number of rotatable bonds is 1. The fourth-order valence-electron chi connectivity index (χ4n) is 0.214. The van der Waals surface area contributed by atoms with Crippen LogP contribution in [0.1, 0.15) is 0 Å². The first-order chi connectivity index (χ1) is 4.45. The Bertz CT molecular complexity index is 123. The van der Waals surface area contributed by atoms with Crippen molar-refractivity contribution in [2.45, 2.75) is 3.79 Å². The van der Waals surface area contributed by atoms with Gasteiger partial charge in [-0.15, -0.1) is 0 Å². The second-order valence-corrected chi connectivity index (χ2v) is 3.89. The van der Waals surface area contributed by atoms with Crippen molar-refractivity contribution in [1.29, 1.82) is 0 Å². The Morgan fingerprint density at radius 3 is 2.40 bits per heavy atom. The monoisotopic (exact) mass is 206 g/mol. The van der Waals surface area contributed by atoms with Crippen molar-refractivity contribution in [3.05, 3.63) is 0 Å². The van der Waals surface area contributed by atoms with E-state index >= 15 is 0 Å². The van der Waals surface area contributed by atoms with Gasteiger partial charge in [0.15, 0.2) is 0 Å². The number of hydrogen-bond donors (Lipinski definition) is 2. The molecule has 3 N–H and O–H groups in total. The van der Waals surface area contributed by atoms with Gasteiger partial charge in [-0.1, -0.05) is 34.8 Å². The molecule has 0 atom stereocenters. The van der Waals surface area contributed by atoms with Gasteiger partial charge in [0, 0.05) is 0 Å². The fourth-order valence-corrected chi connectivity index (χ4v) is 0.415. The van der Waals surface area contributed by atoms with Crippen molar-refractivity contribution >= 4 is 40.9 Å². The van der Waals surface area contributed by atoms with E-state index in [9.17, 15) is 4.79 Å². The standard InChI is InChI=1S/C3H5Cl3N2O2/c4-3(5,6)1-8-2(9)10-7/h1,7H2,(H,8,9). The first kappa shape index (κ1) is 10.1. The maximum absolute atomic E-state index is 10.2. The molecule has 7 heteroatoms. The lowest BCUT2D eigenvalue weighted by Gasteiger charge is -2.09. The summed E-state index contributed by atoms with van der Waals surface area (Å²) >= 11 is 15.8. The van der Waals surface area contributed by atoms with Crippen LogP contribution < -0.4 is 11.2 Å². The molecular formula is C3H5Cl3N2O2. The first-order valence-electron chi connectivity index (χ1n) is 2.17. The van der Waals surface area contributed by atoms with Crippen molar-refractivity contribution in [3.8, 4) is 0 Å². The molecule has 1 amide bonds. The van der Waals surface area contributed by atoms with Gasteiger partial charge in [-0.05, 0) is 0 Å². The highest BCUT2D eigenvalue weighted by Gasteiger charge is 2.20. The Hall–Kier alpha value is 0.1000. The van der Waals surface area contributed by atoms with Gasteiger partial charge in [-0.2, -0.15) is 5.90 Å². The third-order valence-electron chi connectivity index (χ3n) is 0.540. The van der Waals surface area contributed by atoms with Crippen LogP contribution in [0.25, 0.3) is 0 Å². The van der Waals surface area contributed by atoms with Crippen LogP contribution in [-0.2, 0) is 4.84 Å². The second kappa shape index (κ2) is 4.08. The van der Waals surface area contributed by atoms with E-state index < -0.39 is 9.89 Å². The summed E-state index contributed by atoms with van der Waals surface area (Å²) in [5, 5.41) is 2.09. The molecule has 10 heavy (non-hydrogen) atoms. The molecule has 0 saturated carbocycles. The summed E-state index contributed by atoms with van der Waals surface area (Å²) in [6.45, 7) is -0.145. The zero-order valence-corrected chi connectivity index (χ0v) is 7.00. The van der Waals surface area contributed by atoms with Crippen molar-refractivity contribution < 1.29 is 9.63 Å². The SMILES string of the molecule is NOC(=O)NCC(Cl)(Cl)Cl. The maximum atomic E-state index is 10.2. The highest BCUT2D eigenvalue weighted by molar-refractivity contribution is 6.67. The topological polar surface area (TPSA) is 64.3 Å². The van der Waals surface area contributed by atoms with Crippen LogP contribution in [0.15, 0.2) is 0 Å². The number of hydrogen-bond acceptors (Lipinski definition) is 3. The molecule has 0 aromatic rings. The molecule has 0 aliphatic carbocycles. The zero-order valence-electron chi connectivity index (χ0n) is 4.73. The highest BCUT2D eigenvalue weighted by Crippen LogP contribution is 2.24. The molecule has 0 aromatic carbocycles. The number of nitrogens with one attached hydrogen (secondary N) is 1. The lowest BCUT2D eigenvalue weighted by atomic mass is 10.7. The number of amides is 1. The van der Waals surface area contributed by atoms with Crippen LogP contribution in [-0.4, -0.2) is 16.4 Å². The highest BCUT2D eigenvalue weighted by atomic mass is 35.6. The summed E-state index contributed by atoms with van der Waals surface area (Å²) in [7, 11) is 0. The van der Waals surface area contributed by atoms with Gasteiger partial charge in [-0.3, -0.25) is 0 Å². The number of halogens is 3. The third-order valence-corrected chi connectivity index (χ3v) is 0.941. The maximum Gasteiger partial charge on any atom is 0.426 e.